The van der Waals surface area contributed by atoms with Gasteiger partial charge in [-0.1, -0.05) is 99.1 Å². The summed E-state index contributed by atoms with van der Waals surface area (Å²) in [5, 5.41) is 0.682. The first kappa shape index (κ1) is 50.8. The van der Waals surface area contributed by atoms with Gasteiger partial charge in [0, 0.05) is 35.4 Å². The van der Waals surface area contributed by atoms with E-state index in [0.717, 1.165) is 72.5 Å². The van der Waals surface area contributed by atoms with E-state index in [9.17, 15) is 0 Å². The van der Waals surface area contributed by atoms with E-state index in [1.54, 1.807) is 6.26 Å². The Bertz CT molecular complexity index is 1570. The van der Waals surface area contributed by atoms with E-state index in [4.69, 9.17) is 37.2 Å². The monoisotopic (exact) mass is 774 g/mol. The molecular weight excluding hydrogens is 702 g/mol. The third-order valence-corrected chi connectivity index (χ3v) is 8.09. The third-order valence-electron chi connectivity index (χ3n) is 7.84. The van der Waals surface area contributed by atoms with Crippen LogP contribution in [0.5, 0.6) is 11.5 Å². The first-order chi connectivity index (χ1) is 26.5. The highest BCUT2D eigenvalue weighted by atomic mass is 35.5. The molecule has 3 rings (SSSR count). The highest BCUT2D eigenvalue weighted by Crippen LogP contribution is 2.26. The Morgan fingerprint density at radius 3 is 2.11 bits per heavy atom. The summed E-state index contributed by atoms with van der Waals surface area (Å²) in [5.74, 6) is 5.82. The van der Waals surface area contributed by atoms with Crippen molar-refractivity contribution in [2.24, 2.45) is 5.41 Å². The van der Waals surface area contributed by atoms with E-state index in [0.29, 0.717) is 36.5 Å². The van der Waals surface area contributed by atoms with Crippen LogP contribution < -0.4 is 9.47 Å². The number of terminal acetylenes is 1. The lowest BCUT2D eigenvalue weighted by Gasteiger charge is -2.17. The van der Waals surface area contributed by atoms with Crippen LogP contribution in [0.2, 0.25) is 5.02 Å². The molecule has 1 aromatic heterocycles. The van der Waals surface area contributed by atoms with Gasteiger partial charge in [0.25, 0.3) is 0 Å². The molecule has 304 valence electrons. The lowest BCUT2D eigenvalue weighted by atomic mass is 9.92. The standard InChI is InChI=1S/C36H44ClN3O3.C8H16.2C2H6/c1-6-10-11-25-41-28-36-38-35(30-16-20-33(21-17-30)42-26-13-24-39(8-3)9-4)27-40(36)32(7-2)15-12-14-29(5)43-34-22-18-31(37)19-23-34;1-5-6-7-8(2,3)4;2*1-2/h1,11,14-23,25,27H,7-10,12-13,24,26,28H2,2-5H3;5-6H,7H2,1-4H3;2*1-2H3/b25-11+,29-14+,32-15+;6-5-;;. The Kier molecular flexibility index (Phi) is 28.7. The summed E-state index contributed by atoms with van der Waals surface area (Å²) in [6, 6.07) is 15.5. The van der Waals surface area contributed by atoms with Crippen molar-refractivity contribution in [1.29, 1.82) is 0 Å². The summed E-state index contributed by atoms with van der Waals surface area (Å²) in [5.41, 5.74) is 3.47. The molecule has 55 heavy (non-hydrogen) atoms. The van der Waals surface area contributed by atoms with Gasteiger partial charge in [-0.15, -0.1) is 12.3 Å². The maximum atomic E-state index is 5.99. The number of ether oxygens (including phenoxy) is 3. The summed E-state index contributed by atoms with van der Waals surface area (Å²) in [6.07, 6.45) is 23.7. The van der Waals surface area contributed by atoms with Crippen LogP contribution in [-0.4, -0.2) is 40.7 Å². The average molecular weight is 775 g/mol. The van der Waals surface area contributed by atoms with Gasteiger partial charge in [0.2, 0.25) is 0 Å². The summed E-state index contributed by atoms with van der Waals surface area (Å²) >= 11 is 5.98. The Morgan fingerprint density at radius 1 is 0.927 bits per heavy atom. The maximum absolute atomic E-state index is 5.99. The van der Waals surface area contributed by atoms with Gasteiger partial charge in [0.05, 0.1) is 24.3 Å². The molecule has 7 heteroatoms. The molecule has 0 N–H and O–H groups in total. The SMILES string of the molecule is C#CC/C=C/OCc1nc(-c2ccc(OCCCN(CC)CC)cc2)cn1/C(=C/C/C=C(\C)Oc1ccc(Cl)cc1)CC.C/C=C\CC(C)(C)C.CC.CC. The van der Waals surface area contributed by atoms with E-state index in [-0.39, 0.29) is 0 Å². The lowest BCUT2D eigenvalue weighted by Crippen LogP contribution is -2.25. The molecular formula is C48H72ClN3O3. The van der Waals surface area contributed by atoms with Crippen LogP contribution >= 0.6 is 11.6 Å². The summed E-state index contributed by atoms with van der Waals surface area (Å²) in [6.45, 7) is 29.4. The van der Waals surface area contributed by atoms with Gasteiger partial charge >= 0.3 is 0 Å². The van der Waals surface area contributed by atoms with Crippen LogP contribution in [0.1, 0.15) is 121 Å². The molecule has 0 saturated carbocycles. The van der Waals surface area contributed by atoms with E-state index in [1.165, 1.54) is 6.42 Å². The summed E-state index contributed by atoms with van der Waals surface area (Å²) in [7, 11) is 0. The van der Waals surface area contributed by atoms with Crippen LogP contribution in [0.3, 0.4) is 0 Å². The van der Waals surface area contributed by atoms with Crippen molar-refractivity contribution in [3.63, 3.8) is 0 Å². The number of hydrogen-bond acceptors (Lipinski definition) is 5. The highest BCUT2D eigenvalue weighted by molar-refractivity contribution is 6.30. The fourth-order valence-corrected chi connectivity index (χ4v) is 5.06. The normalized spacial score (nSPS) is 11.6. The topological polar surface area (TPSA) is 48.8 Å². The van der Waals surface area contributed by atoms with Crippen LogP contribution in [0.4, 0.5) is 0 Å². The van der Waals surface area contributed by atoms with Crippen molar-refractivity contribution in [1.82, 2.24) is 14.5 Å². The minimum absolute atomic E-state index is 0.320. The maximum Gasteiger partial charge on any atom is 0.151 e. The minimum Gasteiger partial charge on any atom is -0.494 e. The fourth-order valence-electron chi connectivity index (χ4n) is 4.93. The predicted molar refractivity (Wildman–Crippen MR) is 240 cm³/mol. The van der Waals surface area contributed by atoms with Crippen LogP contribution in [0, 0.1) is 17.8 Å². The third kappa shape index (κ3) is 22.7. The summed E-state index contributed by atoms with van der Waals surface area (Å²) < 4.78 is 19.8. The number of rotatable bonds is 19. The number of aromatic nitrogens is 2. The smallest absolute Gasteiger partial charge is 0.151 e. The van der Waals surface area contributed by atoms with Gasteiger partial charge in [0.15, 0.2) is 5.82 Å². The van der Waals surface area contributed by atoms with Gasteiger partial charge in [-0.2, -0.15) is 0 Å². The molecule has 0 atom stereocenters. The predicted octanol–water partition coefficient (Wildman–Crippen LogP) is 14.0. The zero-order valence-corrected chi connectivity index (χ0v) is 37.0. The van der Waals surface area contributed by atoms with Gasteiger partial charge in [0.1, 0.15) is 18.1 Å². The zero-order chi connectivity index (χ0) is 41.5. The van der Waals surface area contributed by atoms with Gasteiger partial charge < -0.3 is 23.7 Å². The minimum atomic E-state index is 0.320. The molecule has 6 nitrogen and oxygen atoms in total. The molecule has 0 saturated heterocycles. The Hall–Kier alpha value is -4.18. The van der Waals surface area contributed by atoms with Gasteiger partial charge in [-0.05, 0) is 119 Å². The molecule has 0 spiro atoms. The van der Waals surface area contributed by atoms with Crippen LogP contribution in [-0.2, 0) is 11.3 Å². The molecule has 1 heterocycles. The van der Waals surface area contributed by atoms with Crippen molar-refractivity contribution < 1.29 is 14.2 Å². The first-order valence-corrected chi connectivity index (χ1v) is 20.6. The molecule has 3 aromatic rings. The Morgan fingerprint density at radius 2 is 1.56 bits per heavy atom. The zero-order valence-electron chi connectivity index (χ0n) is 36.3. The number of allylic oxidation sites excluding steroid dienone is 7. The second-order valence-electron chi connectivity index (χ2n) is 13.2. The van der Waals surface area contributed by atoms with Gasteiger partial charge in [-0.25, -0.2) is 4.98 Å². The van der Waals surface area contributed by atoms with Crippen molar-refractivity contribution >= 4 is 17.3 Å². The number of imidazole rings is 1. The number of halogens is 1. The second-order valence-corrected chi connectivity index (χ2v) is 13.7. The quantitative estimate of drug-likeness (QED) is 0.0525. The van der Waals surface area contributed by atoms with Crippen molar-refractivity contribution in [2.45, 2.75) is 122 Å². The Balaban J connectivity index is 0.00000213. The van der Waals surface area contributed by atoms with E-state index < -0.39 is 0 Å². The molecule has 0 bridgehead atoms. The van der Waals surface area contributed by atoms with Crippen LogP contribution in [0.25, 0.3) is 17.0 Å². The molecule has 0 amide bonds. The molecule has 0 fully saturated rings. The van der Waals surface area contributed by atoms with Crippen LogP contribution in [0.15, 0.2) is 97.1 Å². The molecule has 0 aliphatic carbocycles. The molecule has 0 radical (unpaired) electrons. The lowest BCUT2D eigenvalue weighted by molar-refractivity contribution is 0.226. The molecule has 0 aliphatic rings. The molecule has 0 aliphatic heterocycles. The van der Waals surface area contributed by atoms with E-state index >= 15 is 0 Å². The number of hydrogen-bond donors (Lipinski definition) is 0. The summed E-state index contributed by atoms with van der Waals surface area (Å²) in [4.78, 5) is 7.35. The number of benzene rings is 2. The fraction of sp³-hybridized carbons (Fsp3) is 0.479. The van der Waals surface area contributed by atoms with Crippen molar-refractivity contribution in [3.05, 3.63) is 108 Å². The average Bonchev–Trinajstić information content (AvgIpc) is 3.62. The molecule has 2 aromatic carbocycles. The molecule has 0 unspecified atom stereocenters. The van der Waals surface area contributed by atoms with Crippen molar-refractivity contribution in [2.75, 3.05) is 26.2 Å². The largest absolute Gasteiger partial charge is 0.494 e. The Labute approximate surface area is 341 Å². The second kappa shape index (κ2) is 31.1. The van der Waals surface area contributed by atoms with Gasteiger partial charge in [-0.3, -0.25) is 0 Å². The first-order valence-electron chi connectivity index (χ1n) is 20.2. The number of nitrogens with zero attached hydrogens (tertiary/aromatic N) is 3. The van der Waals surface area contributed by atoms with Crippen molar-refractivity contribution in [3.8, 4) is 35.1 Å². The van der Waals surface area contributed by atoms with E-state index in [2.05, 4.69) is 106 Å². The van der Waals surface area contributed by atoms with E-state index in [1.807, 2.05) is 77.1 Å². The highest BCUT2D eigenvalue weighted by Gasteiger charge is 2.13.